The van der Waals surface area contributed by atoms with Crippen LogP contribution in [0, 0.1) is 0 Å². The van der Waals surface area contributed by atoms with Crippen LogP contribution in [0.2, 0.25) is 0 Å². The number of para-hydroxylation sites is 1. The van der Waals surface area contributed by atoms with Crippen molar-refractivity contribution in [2.24, 2.45) is 0 Å². The third-order valence-electron chi connectivity index (χ3n) is 8.41. The number of rotatable bonds is 4. The number of fused-ring (bicyclic) bond motifs is 7. The zero-order valence-corrected chi connectivity index (χ0v) is 24.5. The highest BCUT2D eigenvalue weighted by molar-refractivity contribution is 7.27. The van der Waals surface area contributed by atoms with Crippen LogP contribution in [0.25, 0.3) is 81.6 Å². The molecule has 206 valence electrons. The summed E-state index contributed by atoms with van der Waals surface area (Å²) in [5.74, 6) is 0.743. The molecular weight excluding hydrogens is 555 g/mol. The van der Waals surface area contributed by atoms with Crippen LogP contribution < -0.4 is 0 Å². The van der Waals surface area contributed by atoms with Crippen LogP contribution in [0.5, 0.6) is 0 Å². The summed E-state index contributed by atoms with van der Waals surface area (Å²) >= 11 is 1.80. The van der Waals surface area contributed by atoms with E-state index in [9.17, 15) is 0 Å². The first kappa shape index (κ1) is 25.0. The van der Waals surface area contributed by atoms with E-state index in [0.29, 0.717) is 0 Å². The summed E-state index contributed by atoms with van der Waals surface area (Å²) in [4.78, 5) is 10.4. The van der Waals surface area contributed by atoms with E-state index >= 15 is 0 Å². The van der Waals surface area contributed by atoms with Gasteiger partial charge in [0.25, 0.3) is 0 Å². The summed E-state index contributed by atoms with van der Waals surface area (Å²) in [5.41, 5.74) is 10.0. The minimum absolute atomic E-state index is 0.743. The topological polar surface area (TPSA) is 30.7 Å². The van der Waals surface area contributed by atoms with Crippen molar-refractivity contribution in [3.8, 4) is 39.5 Å². The summed E-state index contributed by atoms with van der Waals surface area (Å²) < 4.78 is 4.74. The molecule has 0 aliphatic heterocycles. The summed E-state index contributed by atoms with van der Waals surface area (Å²) in [6, 6.07) is 53.5. The molecule has 0 N–H and O–H groups in total. The second-order valence-electron chi connectivity index (χ2n) is 11.0. The van der Waals surface area contributed by atoms with Gasteiger partial charge in [0, 0.05) is 33.0 Å². The summed E-state index contributed by atoms with van der Waals surface area (Å²) in [5, 5.41) is 3.62. The second kappa shape index (κ2) is 10.0. The zero-order valence-electron chi connectivity index (χ0n) is 23.7. The first-order valence-corrected chi connectivity index (χ1v) is 15.6. The number of hydrogen-bond acceptors (Lipinski definition) is 3. The maximum absolute atomic E-state index is 5.23. The van der Waals surface area contributed by atoms with Gasteiger partial charge >= 0.3 is 0 Å². The van der Waals surface area contributed by atoms with Crippen LogP contribution in [-0.2, 0) is 0 Å². The molecule has 0 bridgehead atoms. The van der Waals surface area contributed by atoms with Gasteiger partial charge in [0.1, 0.15) is 0 Å². The Labute approximate surface area is 258 Å². The predicted molar refractivity (Wildman–Crippen MR) is 186 cm³/mol. The highest BCUT2D eigenvalue weighted by Gasteiger charge is 2.22. The lowest BCUT2D eigenvalue weighted by Crippen LogP contribution is -1.93. The van der Waals surface area contributed by atoms with E-state index in [2.05, 4.69) is 138 Å². The average molecular weight is 580 g/mol. The van der Waals surface area contributed by atoms with E-state index < -0.39 is 0 Å². The number of thiophene rings is 1. The van der Waals surface area contributed by atoms with Crippen molar-refractivity contribution in [1.29, 1.82) is 0 Å². The Hall–Kier alpha value is -5.58. The van der Waals surface area contributed by atoms with Gasteiger partial charge in [-0.1, -0.05) is 127 Å². The SMILES string of the molecule is c1ccc(-c2ccc3c(c2)c2ccc4c5nc(-c6ccccc6)nc(-c6ccccc6)c5sc4c2n3-c2ccccc2)cc1. The highest BCUT2D eigenvalue weighted by Crippen LogP contribution is 2.45. The lowest BCUT2D eigenvalue weighted by atomic mass is 10.0. The standard InChI is InChI=1S/C40H25N3S/c1-5-13-26(14-6-1)29-21-24-34-33(25-29)31-22-23-32-36-39(44-38(32)37(31)43(34)30-19-11-4-12-20-30)35(27-15-7-2-8-16-27)41-40(42-36)28-17-9-3-10-18-28/h1-25H. The predicted octanol–water partition coefficient (Wildman–Crippen LogP) is 10.9. The van der Waals surface area contributed by atoms with Crippen LogP contribution in [0.15, 0.2) is 152 Å². The van der Waals surface area contributed by atoms with Crippen molar-refractivity contribution in [2.75, 3.05) is 0 Å². The van der Waals surface area contributed by atoms with Crippen molar-refractivity contribution in [3.05, 3.63) is 152 Å². The molecule has 0 atom stereocenters. The molecule has 0 fully saturated rings. The molecule has 9 aromatic rings. The number of hydrogen-bond donors (Lipinski definition) is 0. The molecule has 3 nitrogen and oxygen atoms in total. The van der Waals surface area contributed by atoms with Gasteiger partial charge < -0.3 is 4.57 Å². The normalized spacial score (nSPS) is 11.6. The van der Waals surface area contributed by atoms with Crippen molar-refractivity contribution in [2.45, 2.75) is 0 Å². The fourth-order valence-electron chi connectivity index (χ4n) is 6.36. The molecule has 9 rings (SSSR count). The molecule has 3 heterocycles. The number of aromatic nitrogens is 3. The van der Waals surface area contributed by atoms with Crippen LogP contribution in [-0.4, -0.2) is 14.5 Å². The van der Waals surface area contributed by atoms with Crippen molar-refractivity contribution in [3.63, 3.8) is 0 Å². The summed E-state index contributed by atoms with van der Waals surface area (Å²) in [7, 11) is 0. The first-order valence-electron chi connectivity index (χ1n) is 14.8. The van der Waals surface area contributed by atoms with Crippen LogP contribution in [0.3, 0.4) is 0 Å². The molecule has 6 aromatic carbocycles. The maximum atomic E-state index is 5.23. The van der Waals surface area contributed by atoms with Gasteiger partial charge in [0.2, 0.25) is 0 Å². The molecule has 0 aliphatic carbocycles. The summed E-state index contributed by atoms with van der Waals surface area (Å²) in [6.07, 6.45) is 0. The molecular formula is C40H25N3S. The van der Waals surface area contributed by atoms with E-state index in [1.807, 2.05) is 18.2 Å². The lowest BCUT2D eigenvalue weighted by molar-refractivity contribution is 1.19. The number of benzene rings is 6. The van der Waals surface area contributed by atoms with Crippen molar-refractivity contribution >= 4 is 53.4 Å². The molecule has 0 aliphatic rings. The monoisotopic (exact) mass is 579 g/mol. The fraction of sp³-hybridized carbons (Fsp3) is 0. The Bertz CT molecular complexity index is 2460. The van der Waals surface area contributed by atoms with E-state index in [4.69, 9.17) is 9.97 Å². The molecule has 0 radical (unpaired) electrons. The zero-order chi connectivity index (χ0) is 29.0. The average Bonchev–Trinajstić information content (AvgIpc) is 3.65. The molecule has 0 saturated carbocycles. The maximum Gasteiger partial charge on any atom is 0.160 e. The van der Waals surface area contributed by atoms with Gasteiger partial charge in [-0.3, -0.25) is 0 Å². The third-order valence-corrected chi connectivity index (χ3v) is 9.62. The van der Waals surface area contributed by atoms with Crippen molar-refractivity contribution < 1.29 is 0 Å². The molecule has 3 aromatic heterocycles. The van der Waals surface area contributed by atoms with E-state index in [-0.39, 0.29) is 0 Å². The largest absolute Gasteiger partial charge is 0.308 e. The Morgan fingerprint density at radius 1 is 0.455 bits per heavy atom. The van der Waals surface area contributed by atoms with Crippen LogP contribution in [0.1, 0.15) is 0 Å². The summed E-state index contributed by atoms with van der Waals surface area (Å²) in [6.45, 7) is 0. The molecule has 0 spiro atoms. The van der Waals surface area contributed by atoms with Gasteiger partial charge in [0.15, 0.2) is 5.82 Å². The van der Waals surface area contributed by atoms with Gasteiger partial charge in [-0.05, 0) is 35.4 Å². The molecule has 0 saturated heterocycles. The fourth-order valence-corrected chi connectivity index (χ4v) is 7.65. The van der Waals surface area contributed by atoms with E-state index in [0.717, 1.165) is 43.9 Å². The molecule has 44 heavy (non-hydrogen) atoms. The highest BCUT2D eigenvalue weighted by atomic mass is 32.1. The van der Waals surface area contributed by atoms with Crippen molar-refractivity contribution in [1.82, 2.24) is 14.5 Å². The van der Waals surface area contributed by atoms with Gasteiger partial charge in [0.05, 0.1) is 31.6 Å². The van der Waals surface area contributed by atoms with E-state index in [1.165, 1.54) is 37.6 Å². The van der Waals surface area contributed by atoms with Gasteiger partial charge in [-0.25, -0.2) is 9.97 Å². The smallest absolute Gasteiger partial charge is 0.160 e. The quantitative estimate of drug-likeness (QED) is 0.208. The molecule has 0 unspecified atom stereocenters. The minimum Gasteiger partial charge on any atom is -0.308 e. The third kappa shape index (κ3) is 3.89. The minimum atomic E-state index is 0.743. The first-order chi connectivity index (χ1) is 21.8. The molecule has 0 amide bonds. The molecule has 4 heteroatoms. The van der Waals surface area contributed by atoms with E-state index in [1.54, 1.807) is 11.3 Å². The van der Waals surface area contributed by atoms with Crippen LogP contribution in [0.4, 0.5) is 0 Å². The van der Waals surface area contributed by atoms with Crippen LogP contribution >= 0.6 is 11.3 Å². The Kier molecular flexibility index (Phi) is 5.68. The lowest BCUT2D eigenvalue weighted by Gasteiger charge is -2.08. The second-order valence-corrected chi connectivity index (χ2v) is 12.0. The Morgan fingerprint density at radius 2 is 1.07 bits per heavy atom. The number of nitrogens with zero attached hydrogens (tertiary/aromatic N) is 3. The van der Waals surface area contributed by atoms with Gasteiger partial charge in [-0.15, -0.1) is 11.3 Å². The van der Waals surface area contributed by atoms with Gasteiger partial charge in [-0.2, -0.15) is 0 Å². The Balaban J connectivity index is 1.42. The Morgan fingerprint density at radius 3 is 1.77 bits per heavy atom.